The van der Waals surface area contributed by atoms with Crippen LogP contribution in [0.1, 0.15) is 17.5 Å². The molecule has 31 heavy (non-hydrogen) atoms. The van der Waals surface area contributed by atoms with E-state index >= 15 is 0 Å². The van der Waals surface area contributed by atoms with Gasteiger partial charge >= 0.3 is 5.97 Å². The molecule has 0 bridgehead atoms. The minimum Gasteiger partial charge on any atom is -0.493 e. The normalized spacial score (nSPS) is 17.2. The first-order valence-corrected chi connectivity index (χ1v) is 10.5. The summed E-state index contributed by atoms with van der Waals surface area (Å²) in [6, 6.07) is 10.5. The molecule has 3 rings (SSSR count). The van der Waals surface area contributed by atoms with Crippen LogP contribution in [-0.2, 0) is 16.2 Å². The number of hydrogen-bond acceptors (Lipinski definition) is 7. The number of ether oxygens (including phenoxy) is 2. The van der Waals surface area contributed by atoms with E-state index < -0.39 is 17.1 Å². The third kappa shape index (κ3) is 6.36. The van der Waals surface area contributed by atoms with Gasteiger partial charge in [-0.3, -0.25) is 9.59 Å². The predicted octanol–water partition coefficient (Wildman–Crippen LogP) is 3.98. The van der Waals surface area contributed by atoms with Crippen LogP contribution in [0.15, 0.2) is 46.6 Å². The fraction of sp³-hybridized carbons (Fsp3) is 0.200. The molecule has 1 saturated heterocycles. The largest absolute Gasteiger partial charge is 0.493 e. The van der Waals surface area contributed by atoms with Gasteiger partial charge in [0.25, 0.3) is 0 Å². The molecule has 162 valence electrons. The summed E-state index contributed by atoms with van der Waals surface area (Å²) in [6.07, 6.45) is 1.20. The van der Waals surface area contributed by atoms with Crippen molar-refractivity contribution in [3.63, 3.8) is 0 Å². The van der Waals surface area contributed by atoms with Gasteiger partial charge in [-0.25, -0.2) is 0 Å². The summed E-state index contributed by atoms with van der Waals surface area (Å²) >= 11 is 13.0. The number of amidine groups is 1. The van der Waals surface area contributed by atoms with Gasteiger partial charge in [0.2, 0.25) is 5.91 Å². The number of methoxy groups -OCH3 is 1. The van der Waals surface area contributed by atoms with Crippen molar-refractivity contribution in [2.75, 3.05) is 7.11 Å². The fourth-order valence-electron chi connectivity index (χ4n) is 2.57. The minimum absolute atomic E-state index is 0.251. The maximum absolute atomic E-state index is 11.7. The van der Waals surface area contributed by atoms with Crippen LogP contribution >= 0.6 is 35.0 Å². The number of benzene rings is 2. The number of thioether (sulfide) groups is 1. The highest BCUT2D eigenvalue weighted by molar-refractivity contribution is 8.15. The number of halogens is 2. The molecule has 0 radical (unpaired) electrons. The Labute approximate surface area is 192 Å². The molecular weight excluding hydrogens is 465 g/mol. The number of carbonyl (C=O) groups excluding carboxylic acids is 1. The zero-order valence-corrected chi connectivity index (χ0v) is 18.5. The van der Waals surface area contributed by atoms with E-state index in [1.54, 1.807) is 30.3 Å². The lowest BCUT2D eigenvalue weighted by Gasteiger charge is -2.11. The standard InChI is InChI=1S/C20H17Cl2N3O5S/c1-29-16-7-11(9-23-25-20-24-19(28)17(31-20)8-18(26)27)3-5-15(16)30-10-12-2-4-13(21)14(22)6-12/h2-7,9,17H,8,10H2,1H3,(H,26,27)(H,24,25,28)/b23-9-/t17-/m1/s1. The number of amides is 1. The zero-order chi connectivity index (χ0) is 22.4. The number of aliphatic carboxylic acids is 1. The fourth-order valence-corrected chi connectivity index (χ4v) is 3.80. The first kappa shape index (κ1) is 22.9. The van der Waals surface area contributed by atoms with Crippen LogP contribution in [0, 0.1) is 0 Å². The lowest BCUT2D eigenvalue weighted by Crippen LogP contribution is -2.26. The summed E-state index contributed by atoms with van der Waals surface area (Å²) in [5.74, 6) is -0.411. The molecule has 1 amide bonds. The summed E-state index contributed by atoms with van der Waals surface area (Å²) in [5.41, 5.74) is 1.55. The second kappa shape index (κ2) is 10.5. The van der Waals surface area contributed by atoms with Gasteiger partial charge < -0.3 is 19.9 Å². The number of nitrogens with one attached hydrogen (secondary N) is 1. The van der Waals surface area contributed by atoms with E-state index in [1.807, 2.05) is 6.07 Å². The SMILES string of the molecule is COc1cc(/C=N\N=C2\NC(=O)[C@@H](CC(=O)O)S2)ccc1OCc1ccc(Cl)c(Cl)c1. The molecule has 0 aromatic heterocycles. The Hall–Kier alpha value is -2.75. The average molecular weight is 482 g/mol. The van der Waals surface area contributed by atoms with Crippen molar-refractivity contribution < 1.29 is 24.2 Å². The van der Waals surface area contributed by atoms with E-state index in [4.69, 9.17) is 37.8 Å². The van der Waals surface area contributed by atoms with Crippen molar-refractivity contribution >= 4 is 58.2 Å². The van der Waals surface area contributed by atoms with E-state index in [1.165, 1.54) is 13.3 Å². The van der Waals surface area contributed by atoms with Crippen molar-refractivity contribution in [1.82, 2.24) is 5.32 Å². The highest BCUT2D eigenvalue weighted by Crippen LogP contribution is 2.29. The Morgan fingerprint density at radius 3 is 2.74 bits per heavy atom. The third-order valence-corrected chi connectivity index (χ3v) is 5.87. The van der Waals surface area contributed by atoms with Gasteiger partial charge in [-0.2, -0.15) is 5.10 Å². The summed E-state index contributed by atoms with van der Waals surface area (Å²) in [7, 11) is 1.52. The molecule has 1 aliphatic rings. The topological polar surface area (TPSA) is 110 Å². The minimum atomic E-state index is -1.05. The van der Waals surface area contributed by atoms with Crippen molar-refractivity contribution in [2.24, 2.45) is 10.2 Å². The van der Waals surface area contributed by atoms with Crippen LogP contribution in [0.3, 0.4) is 0 Å². The third-order valence-electron chi connectivity index (χ3n) is 4.06. The second-order valence-electron chi connectivity index (χ2n) is 6.29. The molecular formula is C20H17Cl2N3O5S. The van der Waals surface area contributed by atoms with Crippen LogP contribution in [0.5, 0.6) is 11.5 Å². The molecule has 1 aliphatic heterocycles. The highest BCUT2D eigenvalue weighted by Gasteiger charge is 2.32. The molecule has 1 fully saturated rings. The Bertz CT molecular complexity index is 1060. The molecule has 1 atom stereocenters. The molecule has 11 heteroatoms. The van der Waals surface area contributed by atoms with Crippen molar-refractivity contribution in [1.29, 1.82) is 0 Å². The molecule has 0 spiro atoms. The van der Waals surface area contributed by atoms with Gasteiger partial charge in [0.05, 0.1) is 29.8 Å². The number of nitrogens with zero attached hydrogens (tertiary/aromatic N) is 2. The first-order valence-electron chi connectivity index (χ1n) is 8.91. The van der Waals surface area contributed by atoms with Gasteiger partial charge in [0.1, 0.15) is 11.9 Å². The molecule has 0 unspecified atom stereocenters. The molecule has 8 nitrogen and oxygen atoms in total. The van der Waals surface area contributed by atoms with E-state index in [0.29, 0.717) is 27.1 Å². The predicted molar refractivity (Wildman–Crippen MR) is 121 cm³/mol. The monoisotopic (exact) mass is 481 g/mol. The lowest BCUT2D eigenvalue weighted by atomic mass is 10.2. The molecule has 2 aromatic rings. The summed E-state index contributed by atoms with van der Waals surface area (Å²) in [5, 5.41) is 19.6. The van der Waals surface area contributed by atoms with Crippen LogP contribution in [-0.4, -0.2) is 40.7 Å². The van der Waals surface area contributed by atoms with E-state index in [-0.39, 0.29) is 18.2 Å². The zero-order valence-electron chi connectivity index (χ0n) is 16.2. The number of carboxylic acids is 1. The Morgan fingerprint density at radius 1 is 1.23 bits per heavy atom. The molecule has 0 saturated carbocycles. The van der Waals surface area contributed by atoms with Crippen molar-refractivity contribution in [3.8, 4) is 11.5 Å². The number of rotatable bonds is 8. The van der Waals surface area contributed by atoms with Gasteiger partial charge in [0.15, 0.2) is 16.7 Å². The number of hydrogen-bond donors (Lipinski definition) is 2. The Morgan fingerprint density at radius 2 is 2.03 bits per heavy atom. The van der Waals surface area contributed by atoms with Crippen LogP contribution < -0.4 is 14.8 Å². The Balaban J connectivity index is 1.63. The molecule has 2 aromatic carbocycles. The van der Waals surface area contributed by atoms with Gasteiger partial charge in [-0.1, -0.05) is 41.0 Å². The van der Waals surface area contributed by atoms with Crippen molar-refractivity contribution in [3.05, 3.63) is 57.6 Å². The highest BCUT2D eigenvalue weighted by atomic mass is 35.5. The van der Waals surface area contributed by atoms with E-state index in [0.717, 1.165) is 17.3 Å². The van der Waals surface area contributed by atoms with Gasteiger partial charge in [-0.15, -0.1) is 5.10 Å². The van der Waals surface area contributed by atoms with Crippen molar-refractivity contribution in [2.45, 2.75) is 18.3 Å². The van der Waals surface area contributed by atoms with E-state index in [9.17, 15) is 9.59 Å². The summed E-state index contributed by atoms with van der Waals surface area (Å²) in [6.45, 7) is 0.281. The van der Waals surface area contributed by atoms with Crippen LogP contribution in [0.4, 0.5) is 0 Å². The summed E-state index contributed by atoms with van der Waals surface area (Å²) in [4.78, 5) is 22.5. The Kier molecular flexibility index (Phi) is 7.78. The maximum atomic E-state index is 11.7. The molecule has 2 N–H and O–H groups in total. The number of carbonyl (C=O) groups is 2. The van der Waals surface area contributed by atoms with Gasteiger partial charge in [0, 0.05) is 0 Å². The quantitative estimate of drug-likeness (QED) is 0.435. The average Bonchev–Trinajstić information content (AvgIpc) is 3.07. The van der Waals surface area contributed by atoms with Crippen LogP contribution in [0.25, 0.3) is 0 Å². The smallest absolute Gasteiger partial charge is 0.305 e. The summed E-state index contributed by atoms with van der Waals surface area (Å²) < 4.78 is 11.2. The van der Waals surface area contributed by atoms with Gasteiger partial charge in [-0.05, 0) is 41.5 Å². The molecule has 0 aliphatic carbocycles. The maximum Gasteiger partial charge on any atom is 0.305 e. The lowest BCUT2D eigenvalue weighted by molar-refractivity contribution is -0.138. The van der Waals surface area contributed by atoms with Crippen LogP contribution in [0.2, 0.25) is 10.0 Å². The number of carboxylic acid groups (broad SMARTS) is 1. The second-order valence-corrected chi connectivity index (χ2v) is 8.30. The molecule has 1 heterocycles. The van der Waals surface area contributed by atoms with E-state index in [2.05, 4.69) is 15.5 Å². The first-order chi connectivity index (χ1) is 14.9.